The van der Waals surface area contributed by atoms with Crippen molar-refractivity contribution in [1.29, 1.82) is 0 Å². The van der Waals surface area contributed by atoms with Gasteiger partial charge in [0.2, 0.25) is 5.88 Å². The number of phenols is 1. The Bertz CT molecular complexity index is 1090. The maximum atomic E-state index is 10.2. The van der Waals surface area contributed by atoms with E-state index in [1.807, 2.05) is 54.6 Å². The van der Waals surface area contributed by atoms with Gasteiger partial charge in [-0.2, -0.15) is 4.98 Å². The smallest absolute Gasteiger partial charge is 0.230 e. The van der Waals surface area contributed by atoms with Crippen molar-refractivity contribution in [2.75, 3.05) is 6.61 Å². The molecule has 0 atom stereocenters. The fraction of sp³-hybridized carbons (Fsp3) is 0.130. The lowest BCUT2D eigenvalue weighted by atomic mass is 10.1. The summed E-state index contributed by atoms with van der Waals surface area (Å²) >= 11 is 0. The van der Waals surface area contributed by atoms with E-state index < -0.39 is 0 Å². The molecule has 0 unspecified atom stereocenters. The van der Waals surface area contributed by atoms with Gasteiger partial charge in [-0.1, -0.05) is 31.2 Å². The predicted molar refractivity (Wildman–Crippen MR) is 109 cm³/mol. The molecular weight excluding hydrogens is 352 g/mol. The summed E-state index contributed by atoms with van der Waals surface area (Å²) < 4.78 is 11.7. The molecule has 0 aliphatic rings. The van der Waals surface area contributed by atoms with Crippen LogP contribution in [0.3, 0.4) is 0 Å². The van der Waals surface area contributed by atoms with Gasteiger partial charge in [-0.3, -0.25) is 0 Å². The number of aromatic nitrogens is 2. The molecule has 1 N–H and O–H groups in total. The molecule has 4 aromatic rings. The Kier molecular flexibility index (Phi) is 5.06. The second-order valence-electron chi connectivity index (χ2n) is 6.31. The van der Waals surface area contributed by atoms with Crippen molar-refractivity contribution in [3.63, 3.8) is 0 Å². The van der Waals surface area contributed by atoms with Gasteiger partial charge in [0.05, 0.1) is 23.1 Å². The summed E-state index contributed by atoms with van der Waals surface area (Å²) in [6.45, 7) is 2.75. The quantitative estimate of drug-likeness (QED) is 0.478. The summed E-state index contributed by atoms with van der Waals surface area (Å²) in [6.07, 6.45) is 0.959. The first-order valence-electron chi connectivity index (χ1n) is 9.20. The van der Waals surface area contributed by atoms with Crippen molar-refractivity contribution in [2.45, 2.75) is 13.3 Å². The van der Waals surface area contributed by atoms with Gasteiger partial charge in [0.1, 0.15) is 17.2 Å². The molecule has 3 aromatic carbocycles. The van der Waals surface area contributed by atoms with Crippen LogP contribution < -0.4 is 9.47 Å². The first-order valence-corrected chi connectivity index (χ1v) is 9.20. The van der Waals surface area contributed by atoms with Gasteiger partial charge < -0.3 is 14.6 Å². The summed E-state index contributed by atoms with van der Waals surface area (Å²) in [7, 11) is 0. The van der Waals surface area contributed by atoms with Crippen LogP contribution in [-0.4, -0.2) is 21.7 Å². The Hall–Kier alpha value is -3.60. The van der Waals surface area contributed by atoms with Gasteiger partial charge in [-0.05, 0) is 55.0 Å². The molecule has 0 amide bonds. The highest BCUT2D eigenvalue weighted by atomic mass is 16.5. The Balaban J connectivity index is 1.72. The van der Waals surface area contributed by atoms with E-state index in [9.17, 15) is 5.11 Å². The van der Waals surface area contributed by atoms with Crippen molar-refractivity contribution in [3.8, 4) is 34.5 Å². The minimum Gasteiger partial charge on any atom is -0.507 e. The van der Waals surface area contributed by atoms with Gasteiger partial charge in [-0.15, -0.1) is 0 Å². The third-order valence-electron chi connectivity index (χ3n) is 4.22. The average molecular weight is 372 g/mol. The van der Waals surface area contributed by atoms with Crippen LogP contribution in [0, 0.1) is 0 Å². The number of phenolic OH excluding ortho intramolecular Hbond substituents is 1. The number of rotatable bonds is 6. The zero-order valence-electron chi connectivity index (χ0n) is 15.5. The third kappa shape index (κ3) is 3.74. The zero-order valence-corrected chi connectivity index (χ0v) is 15.5. The maximum absolute atomic E-state index is 10.2. The lowest BCUT2D eigenvalue weighted by molar-refractivity contribution is 0.317. The molecule has 4 rings (SSSR count). The maximum Gasteiger partial charge on any atom is 0.230 e. The minimum atomic E-state index is 0.126. The van der Waals surface area contributed by atoms with E-state index in [1.165, 1.54) is 0 Å². The van der Waals surface area contributed by atoms with Crippen molar-refractivity contribution >= 4 is 10.9 Å². The van der Waals surface area contributed by atoms with Crippen LogP contribution in [0.1, 0.15) is 13.3 Å². The van der Waals surface area contributed by atoms with E-state index in [-0.39, 0.29) is 5.75 Å². The summed E-state index contributed by atoms with van der Waals surface area (Å²) in [5.74, 6) is 2.43. The molecule has 1 aromatic heterocycles. The van der Waals surface area contributed by atoms with Crippen molar-refractivity contribution in [2.24, 2.45) is 0 Å². The van der Waals surface area contributed by atoms with E-state index in [0.717, 1.165) is 23.1 Å². The van der Waals surface area contributed by atoms with Crippen molar-refractivity contribution in [1.82, 2.24) is 9.97 Å². The van der Waals surface area contributed by atoms with Gasteiger partial charge in [-0.25, -0.2) is 4.98 Å². The third-order valence-corrected chi connectivity index (χ3v) is 4.22. The van der Waals surface area contributed by atoms with Crippen LogP contribution in [0.4, 0.5) is 0 Å². The Morgan fingerprint density at radius 2 is 1.54 bits per heavy atom. The zero-order chi connectivity index (χ0) is 19.3. The number of fused-ring (bicyclic) bond motifs is 1. The van der Waals surface area contributed by atoms with Crippen LogP contribution in [0.25, 0.3) is 22.3 Å². The van der Waals surface area contributed by atoms with Crippen LogP contribution in [0.2, 0.25) is 0 Å². The highest BCUT2D eigenvalue weighted by Crippen LogP contribution is 2.33. The predicted octanol–water partition coefficient (Wildman–Crippen LogP) is 5.58. The molecule has 0 aliphatic heterocycles. The first kappa shape index (κ1) is 17.8. The largest absolute Gasteiger partial charge is 0.507 e. The molecule has 0 spiro atoms. The molecule has 1 heterocycles. The number of benzene rings is 3. The molecule has 0 saturated heterocycles. The second-order valence-corrected chi connectivity index (χ2v) is 6.31. The Morgan fingerprint density at radius 3 is 2.32 bits per heavy atom. The van der Waals surface area contributed by atoms with E-state index in [1.54, 1.807) is 18.2 Å². The highest BCUT2D eigenvalue weighted by Gasteiger charge is 2.13. The van der Waals surface area contributed by atoms with Crippen LogP contribution in [-0.2, 0) is 0 Å². The molecule has 0 radical (unpaired) electrons. The van der Waals surface area contributed by atoms with Crippen LogP contribution in [0.5, 0.6) is 23.1 Å². The number of aromatic hydroxyl groups is 1. The first-order chi connectivity index (χ1) is 13.7. The average Bonchev–Trinajstić information content (AvgIpc) is 2.73. The SMILES string of the molecule is CCCOc1ccc(Oc2nc(-c3ccccc3O)nc3ccccc23)cc1. The summed E-state index contributed by atoms with van der Waals surface area (Å²) in [5, 5.41) is 11.0. The molecule has 5 heteroatoms. The molecule has 140 valence electrons. The van der Waals surface area contributed by atoms with Crippen LogP contribution in [0.15, 0.2) is 72.8 Å². The fourth-order valence-electron chi connectivity index (χ4n) is 2.84. The number of hydrogen-bond acceptors (Lipinski definition) is 5. The number of ether oxygens (including phenoxy) is 2. The normalized spacial score (nSPS) is 10.8. The van der Waals surface area contributed by atoms with Gasteiger partial charge >= 0.3 is 0 Å². The van der Waals surface area contributed by atoms with Crippen molar-refractivity contribution < 1.29 is 14.6 Å². The van der Waals surface area contributed by atoms with Gasteiger partial charge in [0.25, 0.3) is 0 Å². The Morgan fingerprint density at radius 1 is 0.821 bits per heavy atom. The topological polar surface area (TPSA) is 64.5 Å². The second kappa shape index (κ2) is 7.96. The van der Waals surface area contributed by atoms with E-state index >= 15 is 0 Å². The molecule has 0 saturated carbocycles. The monoisotopic (exact) mass is 372 g/mol. The fourth-order valence-corrected chi connectivity index (χ4v) is 2.84. The standard InChI is InChI=1S/C23H20N2O3/c1-2-15-27-16-11-13-17(14-12-16)28-23-18-7-3-5-9-20(18)24-22(25-23)19-8-4-6-10-21(19)26/h3-14,26H,2,15H2,1H3. The number of para-hydroxylation sites is 2. The summed E-state index contributed by atoms with van der Waals surface area (Å²) in [4.78, 5) is 9.16. The molecule has 0 bridgehead atoms. The summed E-state index contributed by atoms with van der Waals surface area (Å²) in [5.41, 5.74) is 1.30. The Labute approximate surface area is 163 Å². The van der Waals surface area contributed by atoms with Crippen molar-refractivity contribution in [3.05, 3.63) is 72.8 Å². The minimum absolute atomic E-state index is 0.126. The van der Waals surface area contributed by atoms with E-state index in [2.05, 4.69) is 16.9 Å². The summed E-state index contributed by atoms with van der Waals surface area (Å²) in [6, 6.07) is 22.1. The number of nitrogens with zero attached hydrogens (tertiary/aromatic N) is 2. The molecule has 0 fully saturated rings. The molecule has 0 aliphatic carbocycles. The highest BCUT2D eigenvalue weighted by molar-refractivity contribution is 5.85. The van der Waals surface area contributed by atoms with E-state index in [4.69, 9.17) is 9.47 Å². The number of hydrogen-bond donors (Lipinski definition) is 1. The molecule has 5 nitrogen and oxygen atoms in total. The molecular formula is C23H20N2O3. The van der Waals surface area contributed by atoms with Crippen LogP contribution >= 0.6 is 0 Å². The van der Waals surface area contributed by atoms with Gasteiger partial charge in [0.15, 0.2) is 5.82 Å². The lowest BCUT2D eigenvalue weighted by Gasteiger charge is -2.11. The molecule has 28 heavy (non-hydrogen) atoms. The van der Waals surface area contributed by atoms with E-state index in [0.29, 0.717) is 29.6 Å². The lowest BCUT2D eigenvalue weighted by Crippen LogP contribution is -1.97. The van der Waals surface area contributed by atoms with Gasteiger partial charge in [0, 0.05) is 0 Å².